The lowest BCUT2D eigenvalue weighted by atomic mass is 10.1. The molecule has 0 atom stereocenters. The van der Waals surface area contributed by atoms with E-state index in [9.17, 15) is 4.79 Å². The van der Waals surface area contributed by atoms with E-state index in [-0.39, 0.29) is 5.91 Å². The van der Waals surface area contributed by atoms with Gasteiger partial charge in [0.15, 0.2) is 0 Å². The lowest BCUT2D eigenvalue weighted by Gasteiger charge is -2.34. The molecule has 0 spiro atoms. The summed E-state index contributed by atoms with van der Waals surface area (Å²) in [6.07, 6.45) is 1.83. The number of nitrogens with one attached hydrogen (secondary N) is 1. The minimum Gasteiger partial charge on any atom is -0.497 e. The molecule has 1 amide bonds. The molecule has 1 N–H and O–H groups in total. The van der Waals surface area contributed by atoms with E-state index in [4.69, 9.17) is 14.7 Å². The molecule has 0 saturated carbocycles. The molecular weight excluding hydrogens is 464 g/mol. The lowest BCUT2D eigenvalue weighted by Crippen LogP contribution is -2.49. The zero-order chi connectivity index (χ0) is 25.4. The average Bonchev–Trinajstić information content (AvgIpc) is 3.58. The van der Waals surface area contributed by atoms with Gasteiger partial charge in [0.2, 0.25) is 5.95 Å². The number of carbonyl (C=O) groups excluding carboxylic acids is 1. The molecule has 37 heavy (non-hydrogen) atoms. The molecule has 0 aliphatic carbocycles. The summed E-state index contributed by atoms with van der Waals surface area (Å²) < 4.78 is 7.39. The Morgan fingerprint density at radius 2 is 1.70 bits per heavy atom. The molecule has 0 unspecified atom stereocenters. The summed E-state index contributed by atoms with van der Waals surface area (Å²) in [4.78, 5) is 30.6. The van der Waals surface area contributed by atoms with Gasteiger partial charge in [-0.15, -0.1) is 0 Å². The van der Waals surface area contributed by atoms with E-state index >= 15 is 0 Å². The highest BCUT2D eigenvalue weighted by Gasteiger charge is 2.26. The van der Waals surface area contributed by atoms with Crippen molar-refractivity contribution in [3.8, 4) is 22.8 Å². The Labute approximate surface area is 215 Å². The van der Waals surface area contributed by atoms with Crippen LogP contribution >= 0.6 is 0 Å². The van der Waals surface area contributed by atoms with Crippen molar-refractivity contribution in [3.63, 3.8) is 0 Å². The Bertz CT molecular complexity index is 1530. The monoisotopic (exact) mass is 492 g/mol. The number of amides is 1. The van der Waals surface area contributed by atoms with Crippen LogP contribution in [0.1, 0.15) is 16.1 Å². The standard InChI is InChI=1S/C29H28N6O2/c1-20-10-12-21(13-11-20)27-30-26(19-35(27)22-6-5-7-23(18-22)37-2)28(36)33-14-16-34(17-15-33)29-31-24-8-3-4-9-25(24)32-29/h3-13,18-19H,14-17H2,1-2H3,(H,31,32). The first-order valence-corrected chi connectivity index (χ1v) is 12.4. The highest BCUT2D eigenvalue weighted by molar-refractivity contribution is 5.93. The van der Waals surface area contributed by atoms with E-state index in [1.54, 1.807) is 7.11 Å². The second-order valence-corrected chi connectivity index (χ2v) is 9.24. The largest absolute Gasteiger partial charge is 0.497 e. The van der Waals surface area contributed by atoms with E-state index in [1.807, 2.05) is 76.3 Å². The maximum absolute atomic E-state index is 13.6. The van der Waals surface area contributed by atoms with E-state index in [0.29, 0.717) is 31.9 Å². The summed E-state index contributed by atoms with van der Waals surface area (Å²) in [6.45, 7) is 4.65. The number of aromatic nitrogens is 4. The fourth-order valence-electron chi connectivity index (χ4n) is 4.72. The smallest absolute Gasteiger partial charge is 0.274 e. The summed E-state index contributed by atoms with van der Waals surface area (Å²) in [6, 6.07) is 24.0. The van der Waals surface area contributed by atoms with Gasteiger partial charge in [0.25, 0.3) is 5.91 Å². The molecule has 2 aromatic heterocycles. The Balaban J connectivity index is 1.26. The predicted octanol–water partition coefficient (Wildman–Crippen LogP) is 4.70. The van der Waals surface area contributed by atoms with Gasteiger partial charge in [0.1, 0.15) is 17.3 Å². The molecule has 8 nitrogen and oxygen atoms in total. The Morgan fingerprint density at radius 1 is 0.919 bits per heavy atom. The fraction of sp³-hybridized carbons (Fsp3) is 0.207. The molecule has 8 heteroatoms. The molecular formula is C29H28N6O2. The first-order valence-electron chi connectivity index (χ1n) is 12.4. The van der Waals surface area contributed by atoms with Gasteiger partial charge in [-0.05, 0) is 31.2 Å². The number of imidazole rings is 2. The first-order chi connectivity index (χ1) is 18.1. The van der Waals surface area contributed by atoms with Gasteiger partial charge in [-0.1, -0.05) is 48.0 Å². The number of rotatable bonds is 5. The molecule has 6 rings (SSSR count). The van der Waals surface area contributed by atoms with E-state index < -0.39 is 0 Å². The lowest BCUT2D eigenvalue weighted by molar-refractivity contribution is 0.0741. The van der Waals surface area contributed by atoms with Crippen molar-refractivity contribution in [2.75, 3.05) is 38.2 Å². The number of nitrogens with zero attached hydrogens (tertiary/aromatic N) is 5. The van der Waals surface area contributed by atoms with Crippen molar-refractivity contribution in [2.45, 2.75) is 6.92 Å². The molecule has 3 aromatic carbocycles. The van der Waals surface area contributed by atoms with Gasteiger partial charge in [-0.2, -0.15) is 0 Å². The zero-order valence-electron chi connectivity index (χ0n) is 20.9. The van der Waals surface area contributed by atoms with Crippen LogP contribution in [0.4, 0.5) is 5.95 Å². The number of para-hydroxylation sites is 2. The quantitative estimate of drug-likeness (QED) is 0.385. The van der Waals surface area contributed by atoms with Gasteiger partial charge in [-0.25, -0.2) is 9.97 Å². The van der Waals surface area contributed by atoms with Crippen LogP contribution in [0.5, 0.6) is 5.75 Å². The summed E-state index contributed by atoms with van der Waals surface area (Å²) in [7, 11) is 1.65. The van der Waals surface area contributed by atoms with Crippen molar-refractivity contribution in [1.29, 1.82) is 0 Å². The van der Waals surface area contributed by atoms with Crippen LogP contribution in [0.25, 0.3) is 28.1 Å². The number of piperazine rings is 1. The summed E-state index contributed by atoms with van der Waals surface area (Å²) in [5.74, 6) is 2.24. The van der Waals surface area contributed by atoms with Crippen LogP contribution < -0.4 is 9.64 Å². The maximum Gasteiger partial charge on any atom is 0.274 e. The van der Waals surface area contributed by atoms with Gasteiger partial charge in [0, 0.05) is 44.0 Å². The van der Waals surface area contributed by atoms with E-state index in [1.165, 1.54) is 5.56 Å². The van der Waals surface area contributed by atoms with Crippen molar-refractivity contribution < 1.29 is 9.53 Å². The molecule has 3 heterocycles. The Hall–Kier alpha value is -4.59. The Morgan fingerprint density at radius 3 is 2.46 bits per heavy atom. The first kappa shape index (κ1) is 22.8. The molecule has 1 aliphatic rings. The fourth-order valence-corrected chi connectivity index (χ4v) is 4.72. The number of H-pyrrole nitrogens is 1. The van der Waals surface area contributed by atoms with Gasteiger partial charge in [0.05, 0.1) is 23.8 Å². The van der Waals surface area contributed by atoms with Crippen LogP contribution in [0.15, 0.2) is 79.0 Å². The minimum absolute atomic E-state index is 0.0701. The van der Waals surface area contributed by atoms with Crippen molar-refractivity contribution >= 4 is 22.9 Å². The molecule has 1 fully saturated rings. The summed E-state index contributed by atoms with van der Waals surface area (Å²) >= 11 is 0. The third-order valence-electron chi connectivity index (χ3n) is 6.81. The molecule has 1 saturated heterocycles. The number of hydrogen-bond acceptors (Lipinski definition) is 5. The highest BCUT2D eigenvalue weighted by Crippen LogP contribution is 2.27. The van der Waals surface area contributed by atoms with Crippen molar-refractivity contribution in [3.05, 3.63) is 90.3 Å². The molecule has 186 valence electrons. The average molecular weight is 493 g/mol. The Kier molecular flexibility index (Phi) is 5.84. The maximum atomic E-state index is 13.6. The zero-order valence-corrected chi connectivity index (χ0v) is 20.9. The van der Waals surface area contributed by atoms with Gasteiger partial charge in [-0.3, -0.25) is 9.36 Å². The number of aromatic amines is 1. The van der Waals surface area contributed by atoms with E-state index in [0.717, 1.165) is 39.8 Å². The second-order valence-electron chi connectivity index (χ2n) is 9.24. The number of ether oxygens (including phenoxy) is 1. The van der Waals surface area contributed by atoms with Crippen molar-refractivity contribution in [1.82, 2.24) is 24.4 Å². The number of fused-ring (bicyclic) bond motifs is 1. The number of anilines is 1. The van der Waals surface area contributed by atoms with Crippen LogP contribution in [-0.2, 0) is 0 Å². The topological polar surface area (TPSA) is 79.3 Å². The van der Waals surface area contributed by atoms with E-state index in [2.05, 4.69) is 28.9 Å². The number of hydrogen-bond donors (Lipinski definition) is 1. The van der Waals surface area contributed by atoms with Crippen LogP contribution in [0.3, 0.4) is 0 Å². The SMILES string of the molecule is COc1cccc(-n2cc(C(=O)N3CCN(c4nc5ccccc5[nH]4)CC3)nc2-c2ccc(C)cc2)c1. The minimum atomic E-state index is -0.0701. The van der Waals surface area contributed by atoms with Crippen LogP contribution in [-0.4, -0.2) is 63.6 Å². The van der Waals surface area contributed by atoms with Crippen LogP contribution in [0.2, 0.25) is 0 Å². The third-order valence-corrected chi connectivity index (χ3v) is 6.81. The number of benzene rings is 3. The molecule has 0 bridgehead atoms. The van der Waals surface area contributed by atoms with Gasteiger partial charge < -0.3 is 19.5 Å². The molecule has 1 aliphatic heterocycles. The summed E-state index contributed by atoms with van der Waals surface area (Å²) in [5, 5.41) is 0. The number of methoxy groups -OCH3 is 1. The molecule has 0 radical (unpaired) electrons. The second kappa shape index (κ2) is 9.46. The number of carbonyl (C=O) groups is 1. The third kappa shape index (κ3) is 4.42. The van der Waals surface area contributed by atoms with Gasteiger partial charge >= 0.3 is 0 Å². The highest BCUT2D eigenvalue weighted by atomic mass is 16.5. The predicted molar refractivity (Wildman–Crippen MR) is 144 cm³/mol. The number of aryl methyl sites for hydroxylation is 1. The normalized spacial score (nSPS) is 13.8. The van der Waals surface area contributed by atoms with Crippen LogP contribution in [0, 0.1) is 6.92 Å². The molecule has 5 aromatic rings. The van der Waals surface area contributed by atoms with Crippen molar-refractivity contribution in [2.24, 2.45) is 0 Å². The summed E-state index contributed by atoms with van der Waals surface area (Å²) in [5.41, 5.74) is 5.39.